The molecule has 1 amide bonds. The van der Waals surface area contributed by atoms with Crippen LogP contribution in [0.1, 0.15) is 49.4 Å². The first-order valence-electron chi connectivity index (χ1n) is 8.84. The van der Waals surface area contributed by atoms with Gasteiger partial charge in [0.2, 0.25) is 0 Å². The summed E-state index contributed by atoms with van der Waals surface area (Å²) in [5.74, 6) is 1.23. The second-order valence-corrected chi connectivity index (χ2v) is 6.58. The third-order valence-electron chi connectivity index (χ3n) is 5.23. The molecule has 2 aromatic rings. The summed E-state index contributed by atoms with van der Waals surface area (Å²) < 4.78 is 6.88. The summed E-state index contributed by atoms with van der Waals surface area (Å²) in [4.78, 5) is 15.0. The molecule has 0 bridgehead atoms. The van der Waals surface area contributed by atoms with Gasteiger partial charge in [-0.2, -0.15) is 4.68 Å². The zero-order chi connectivity index (χ0) is 17.8. The molecule has 1 aromatic heterocycles. The van der Waals surface area contributed by atoms with Crippen molar-refractivity contribution in [2.24, 2.45) is 5.92 Å². The molecular weight excluding hydrogens is 318 g/mol. The van der Waals surface area contributed by atoms with Crippen molar-refractivity contribution in [2.45, 2.75) is 45.1 Å². The number of rotatable bonds is 5. The van der Waals surface area contributed by atoms with E-state index in [1.54, 1.807) is 25.3 Å². The van der Waals surface area contributed by atoms with E-state index in [0.717, 1.165) is 12.8 Å². The monoisotopic (exact) mass is 343 g/mol. The van der Waals surface area contributed by atoms with E-state index in [0.29, 0.717) is 29.0 Å². The lowest BCUT2D eigenvalue weighted by molar-refractivity contribution is 0.0608. The summed E-state index contributed by atoms with van der Waals surface area (Å²) in [5.41, 5.74) is 1.27. The van der Waals surface area contributed by atoms with Crippen LogP contribution in [-0.4, -0.2) is 51.2 Å². The quantitative estimate of drug-likeness (QED) is 0.834. The number of aromatic nitrogens is 4. The van der Waals surface area contributed by atoms with Gasteiger partial charge in [-0.15, -0.1) is 5.10 Å². The van der Waals surface area contributed by atoms with Gasteiger partial charge in [0.25, 0.3) is 5.91 Å². The van der Waals surface area contributed by atoms with Gasteiger partial charge in [-0.3, -0.25) is 4.79 Å². The number of tetrazole rings is 1. The van der Waals surface area contributed by atoms with Crippen molar-refractivity contribution in [3.8, 4) is 11.4 Å². The molecule has 25 heavy (non-hydrogen) atoms. The van der Waals surface area contributed by atoms with Crippen LogP contribution >= 0.6 is 0 Å². The Bertz CT molecular complexity index is 716. The van der Waals surface area contributed by atoms with Crippen molar-refractivity contribution in [2.75, 3.05) is 14.2 Å². The van der Waals surface area contributed by atoms with Gasteiger partial charge >= 0.3 is 0 Å². The summed E-state index contributed by atoms with van der Waals surface area (Å²) in [5, 5.41) is 11.2. The van der Waals surface area contributed by atoms with Gasteiger partial charge in [0.1, 0.15) is 17.8 Å². The standard InChI is InChI=1S/C18H25N5O2/c1-4-13-7-5-6-8-15(13)22(2)18(24)14-9-10-17(25-3)16(11-14)23-12-19-20-21-23/h9-13,15H,4-8H2,1-3H3/t13-,15-/m0/s1. The van der Waals surface area contributed by atoms with E-state index in [9.17, 15) is 4.79 Å². The lowest BCUT2D eigenvalue weighted by Crippen LogP contribution is -2.43. The first-order chi connectivity index (χ1) is 12.2. The molecule has 1 aliphatic rings. The largest absolute Gasteiger partial charge is 0.494 e. The summed E-state index contributed by atoms with van der Waals surface area (Å²) in [7, 11) is 3.51. The van der Waals surface area contributed by atoms with E-state index in [2.05, 4.69) is 22.4 Å². The molecule has 1 heterocycles. The molecular formula is C18H25N5O2. The Morgan fingerprint density at radius 3 is 2.84 bits per heavy atom. The van der Waals surface area contributed by atoms with Crippen molar-refractivity contribution in [3.63, 3.8) is 0 Å². The van der Waals surface area contributed by atoms with Gasteiger partial charge in [0.15, 0.2) is 0 Å². The third kappa shape index (κ3) is 3.50. The average Bonchev–Trinajstić information content (AvgIpc) is 3.20. The molecule has 0 spiro atoms. The molecule has 1 aromatic carbocycles. The summed E-state index contributed by atoms with van der Waals surface area (Å²) >= 11 is 0. The third-order valence-corrected chi connectivity index (χ3v) is 5.23. The lowest BCUT2D eigenvalue weighted by Gasteiger charge is -2.37. The van der Waals surface area contributed by atoms with Gasteiger partial charge in [0, 0.05) is 18.7 Å². The van der Waals surface area contributed by atoms with Crippen LogP contribution in [0, 0.1) is 5.92 Å². The Morgan fingerprint density at radius 1 is 1.36 bits per heavy atom. The Labute approximate surface area is 148 Å². The smallest absolute Gasteiger partial charge is 0.253 e. The van der Waals surface area contributed by atoms with Crippen molar-refractivity contribution in [3.05, 3.63) is 30.1 Å². The van der Waals surface area contributed by atoms with Gasteiger partial charge in [-0.1, -0.05) is 26.2 Å². The van der Waals surface area contributed by atoms with Gasteiger partial charge < -0.3 is 9.64 Å². The number of carbonyl (C=O) groups is 1. The van der Waals surface area contributed by atoms with Crippen molar-refractivity contribution in [1.29, 1.82) is 0 Å². The van der Waals surface area contributed by atoms with Gasteiger partial charge in [-0.25, -0.2) is 0 Å². The Morgan fingerprint density at radius 2 is 2.16 bits per heavy atom. The van der Waals surface area contributed by atoms with Crippen LogP contribution in [0.5, 0.6) is 5.75 Å². The molecule has 7 nitrogen and oxygen atoms in total. The molecule has 1 saturated carbocycles. The highest BCUT2D eigenvalue weighted by Crippen LogP contribution is 2.31. The number of hydrogen-bond donors (Lipinski definition) is 0. The summed E-state index contributed by atoms with van der Waals surface area (Å²) in [6.45, 7) is 2.21. The molecule has 0 radical (unpaired) electrons. The minimum absolute atomic E-state index is 0.0299. The SMILES string of the molecule is CC[C@H]1CCCC[C@@H]1N(C)C(=O)c1ccc(OC)c(-n2cnnn2)c1. The van der Waals surface area contributed by atoms with Crippen LogP contribution < -0.4 is 4.74 Å². The van der Waals surface area contributed by atoms with Crippen LogP contribution in [0.25, 0.3) is 5.69 Å². The predicted molar refractivity (Wildman–Crippen MR) is 93.8 cm³/mol. The Hall–Kier alpha value is -2.44. The number of nitrogens with zero attached hydrogens (tertiary/aromatic N) is 5. The number of carbonyl (C=O) groups excluding carboxylic acids is 1. The van der Waals surface area contributed by atoms with E-state index in [1.807, 2.05) is 11.9 Å². The summed E-state index contributed by atoms with van der Waals surface area (Å²) in [6, 6.07) is 5.69. The second-order valence-electron chi connectivity index (χ2n) is 6.58. The van der Waals surface area contributed by atoms with Crippen molar-refractivity contribution < 1.29 is 9.53 Å². The van der Waals surface area contributed by atoms with Crippen LogP contribution in [0.15, 0.2) is 24.5 Å². The topological polar surface area (TPSA) is 73.1 Å². The van der Waals surface area contributed by atoms with Crippen molar-refractivity contribution in [1.82, 2.24) is 25.1 Å². The minimum Gasteiger partial charge on any atom is -0.494 e. The first kappa shape index (κ1) is 17.4. The van der Waals surface area contributed by atoms with Gasteiger partial charge in [-0.05, 0) is 47.4 Å². The zero-order valence-corrected chi connectivity index (χ0v) is 15.1. The molecule has 0 aliphatic heterocycles. The van der Waals surface area contributed by atoms with Crippen molar-refractivity contribution >= 4 is 5.91 Å². The molecule has 1 fully saturated rings. The van der Waals surface area contributed by atoms with E-state index in [1.165, 1.54) is 30.3 Å². The van der Waals surface area contributed by atoms with Gasteiger partial charge in [0.05, 0.1) is 7.11 Å². The van der Waals surface area contributed by atoms with E-state index < -0.39 is 0 Å². The van der Waals surface area contributed by atoms with E-state index in [4.69, 9.17) is 4.74 Å². The van der Waals surface area contributed by atoms with Crippen LogP contribution in [0.4, 0.5) is 0 Å². The molecule has 0 saturated heterocycles. The number of amides is 1. The Balaban J connectivity index is 1.88. The zero-order valence-electron chi connectivity index (χ0n) is 15.1. The number of hydrogen-bond acceptors (Lipinski definition) is 5. The molecule has 134 valence electrons. The number of methoxy groups -OCH3 is 1. The maximum absolute atomic E-state index is 13.1. The fourth-order valence-corrected chi connectivity index (χ4v) is 3.80. The summed E-state index contributed by atoms with van der Waals surface area (Å²) in [6.07, 6.45) is 7.35. The minimum atomic E-state index is 0.0299. The second kappa shape index (κ2) is 7.63. The number of benzene rings is 1. The maximum Gasteiger partial charge on any atom is 0.253 e. The van der Waals surface area contributed by atoms with Crippen LogP contribution in [0.2, 0.25) is 0 Å². The molecule has 3 rings (SSSR count). The highest BCUT2D eigenvalue weighted by atomic mass is 16.5. The molecule has 2 atom stereocenters. The number of ether oxygens (including phenoxy) is 1. The van der Waals surface area contributed by atoms with Crippen LogP contribution in [-0.2, 0) is 0 Å². The lowest BCUT2D eigenvalue weighted by atomic mass is 9.82. The fraction of sp³-hybridized carbons (Fsp3) is 0.556. The normalized spacial score (nSPS) is 20.3. The predicted octanol–water partition coefficient (Wildman–Crippen LogP) is 2.71. The van der Waals surface area contributed by atoms with Crippen LogP contribution in [0.3, 0.4) is 0 Å². The van der Waals surface area contributed by atoms with E-state index >= 15 is 0 Å². The molecule has 0 unspecified atom stereocenters. The highest BCUT2D eigenvalue weighted by Gasteiger charge is 2.30. The molecule has 0 N–H and O–H groups in total. The highest BCUT2D eigenvalue weighted by molar-refractivity contribution is 5.95. The fourth-order valence-electron chi connectivity index (χ4n) is 3.80. The molecule has 7 heteroatoms. The average molecular weight is 343 g/mol. The first-order valence-corrected chi connectivity index (χ1v) is 8.84. The molecule has 1 aliphatic carbocycles. The maximum atomic E-state index is 13.1. The van der Waals surface area contributed by atoms with E-state index in [-0.39, 0.29) is 5.91 Å². The Kier molecular flexibility index (Phi) is 5.31.